The number of aromatic nitrogens is 1. The molecule has 1 aromatic heterocycles. The zero-order chi connectivity index (χ0) is 35.7. The smallest absolute Gasteiger partial charge is 0.334 e. The van der Waals surface area contributed by atoms with Crippen molar-refractivity contribution in [3.63, 3.8) is 0 Å². The van der Waals surface area contributed by atoms with Gasteiger partial charge in [-0.1, -0.05) is 108 Å². The fraction of sp³-hybridized carbons (Fsp3) is 0.184. The first-order valence-electron chi connectivity index (χ1n) is 15.9. The molecule has 260 valence electrons. The lowest BCUT2D eigenvalue weighted by molar-refractivity contribution is -0.165. The number of fused-ring (bicyclic) bond motifs is 1. The Hall–Kier alpha value is -5.11. The number of amides is 2. The molecule has 1 saturated heterocycles. The first-order valence-corrected chi connectivity index (χ1v) is 18.9. The fourth-order valence-electron chi connectivity index (χ4n) is 5.37. The Morgan fingerprint density at radius 1 is 0.882 bits per heavy atom. The molecule has 0 bridgehead atoms. The molecule has 0 radical (unpaired) electrons. The molecule has 1 aliphatic heterocycles. The van der Waals surface area contributed by atoms with E-state index in [0.29, 0.717) is 5.75 Å². The van der Waals surface area contributed by atoms with Gasteiger partial charge in [0, 0.05) is 6.92 Å². The van der Waals surface area contributed by atoms with Gasteiger partial charge in [-0.05, 0) is 51.8 Å². The number of ether oxygens (including phenoxy) is 3. The molecule has 13 heteroatoms. The van der Waals surface area contributed by atoms with Crippen LogP contribution in [0.1, 0.15) is 24.2 Å². The minimum atomic E-state index is -1.35. The van der Waals surface area contributed by atoms with Crippen LogP contribution in [0.4, 0.5) is 0 Å². The summed E-state index contributed by atoms with van der Waals surface area (Å²) in [7, 11) is 2.59. The van der Waals surface area contributed by atoms with Gasteiger partial charge >= 0.3 is 11.9 Å². The lowest BCUT2D eigenvalue weighted by atomic mass is 9.97. The van der Waals surface area contributed by atoms with E-state index in [4.69, 9.17) is 14.2 Å². The van der Waals surface area contributed by atoms with Crippen molar-refractivity contribution < 1.29 is 33.4 Å². The summed E-state index contributed by atoms with van der Waals surface area (Å²) in [5.41, 5.74) is 2.41. The third kappa shape index (κ3) is 8.80. The molecule has 3 atom stereocenters. The first-order chi connectivity index (χ1) is 24.8. The Kier molecular flexibility index (Phi) is 11.7. The molecule has 2 heterocycles. The van der Waals surface area contributed by atoms with E-state index < -0.39 is 47.3 Å². The second kappa shape index (κ2) is 16.7. The summed E-state index contributed by atoms with van der Waals surface area (Å²) in [6, 6.07) is 32.7. The molecular formula is C38H33N3O7S3. The number of esters is 2. The van der Waals surface area contributed by atoms with E-state index in [1.165, 1.54) is 44.7 Å². The highest BCUT2D eigenvalue weighted by Crippen LogP contribution is 2.45. The Morgan fingerprint density at radius 2 is 1.49 bits per heavy atom. The summed E-state index contributed by atoms with van der Waals surface area (Å²) in [5.74, 6) is -1.90. The zero-order valence-corrected chi connectivity index (χ0v) is 29.8. The summed E-state index contributed by atoms with van der Waals surface area (Å²) < 4.78 is 18.8. The van der Waals surface area contributed by atoms with Gasteiger partial charge in [0.25, 0.3) is 5.91 Å². The third-order valence-corrected chi connectivity index (χ3v) is 11.8. The third-order valence-electron chi connectivity index (χ3n) is 7.79. The molecule has 1 aliphatic rings. The standard InChI is InChI=1S/C38H33N3O7S3/c1-24(22-46-25(2)42)33(37(45)48-34(26-14-6-3-7-15-26)27-16-8-4-9-17-27)41-35(44)32(40-31(43)23-47-28-18-10-5-11-19-28)36(41)50-51-38-39-29-20-12-13-21-30(29)49-38/h3-21,32-34,36H,1,22-23H2,2H3,(H,40,43). The van der Waals surface area contributed by atoms with Crippen LogP contribution < -0.4 is 10.1 Å². The Balaban J connectivity index is 1.28. The second-order valence-corrected chi connectivity index (χ2v) is 15.0. The van der Waals surface area contributed by atoms with E-state index in [1.54, 1.807) is 24.3 Å². The lowest BCUT2D eigenvalue weighted by Crippen LogP contribution is -2.73. The summed E-state index contributed by atoms with van der Waals surface area (Å²) in [6.07, 6.45) is -0.811. The van der Waals surface area contributed by atoms with Crippen molar-refractivity contribution in [2.75, 3.05) is 13.2 Å². The number of thiazole rings is 1. The van der Waals surface area contributed by atoms with Gasteiger partial charge in [0.05, 0.1) is 10.2 Å². The summed E-state index contributed by atoms with van der Waals surface area (Å²) in [6.45, 7) is 4.65. The van der Waals surface area contributed by atoms with Gasteiger partial charge in [0.15, 0.2) is 23.1 Å². The maximum atomic E-state index is 14.3. The summed E-state index contributed by atoms with van der Waals surface area (Å²) >= 11 is 1.49. The minimum Gasteiger partial charge on any atom is -0.484 e. The molecule has 0 saturated carbocycles. The first kappa shape index (κ1) is 35.7. The number of hydrogen-bond donors (Lipinski definition) is 1. The summed E-state index contributed by atoms with van der Waals surface area (Å²) in [5, 5.41) is 2.01. The van der Waals surface area contributed by atoms with E-state index in [9.17, 15) is 19.2 Å². The predicted molar refractivity (Wildman–Crippen MR) is 198 cm³/mol. The van der Waals surface area contributed by atoms with Crippen LogP contribution in [0.25, 0.3) is 10.2 Å². The number of carbonyl (C=O) groups is 4. The highest BCUT2D eigenvalue weighted by atomic mass is 33.1. The van der Waals surface area contributed by atoms with E-state index in [0.717, 1.165) is 25.7 Å². The van der Waals surface area contributed by atoms with Crippen LogP contribution in [0.3, 0.4) is 0 Å². The van der Waals surface area contributed by atoms with Gasteiger partial charge in [-0.2, -0.15) is 0 Å². The Morgan fingerprint density at radius 3 is 2.12 bits per heavy atom. The highest BCUT2D eigenvalue weighted by molar-refractivity contribution is 8.77. The largest absolute Gasteiger partial charge is 0.484 e. The number of rotatable bonds is 15. The van der Waals surface area contributed by atoms with Crippen LogP contribution in [-0.4, -0.2) is 64.3 Å². The van der Waals surface area contributed by atoms with Crippen LogP contribution in [-0.2, 0) is 28.7 Å². The number of hydrogen-bond acceptors (Lipinski definition) is 11. The normalized spacial score (nSPS) is 15.9. The van der Waals surface area contributed by atoms with Crippen molar-refractivity contribution in [3.05, 3.63) is 139 Å². The number of nitrogens with zero attached hydrogens (tertiary/aromatic N) is 2. The van der Waals surface area contributed by atoms with Gasteiger partial charge in [-0.25, -0.2) is 9.78 Å². The van der Waals surface area contributed by atoms with Crippen LogP contribution in [0, 0.1) is 0 Å². The van der Waals surface area contributed by atoms with Gasteiger partial charge in [-0.3, -0.25) is 14.4 Å². The van der Waals surface area contributed by atoms with E-state index >= 15 is 0 Å². The van der Waals surface area contributed by atoms with Gasteiger partial charge in [0.1, 0.15) is 23.8 Å². The number of para-hydroxylation sites is 2. The highest BCUT2D eigenvalue weighted by Gasteiger charge is 2.55. The van der Waals surface area contributed by atoms with Crippen LogP contribution in [0.5, 0.6) is 5.75 Å². The average Bonchev–Trinajstić information content (AvgIpc) is 3.58. The van der Waals surface area contributed by atoms with Gasteiger partial charge < -0.3 is 24.4 Å². The molecule has 5 aromatic rings. The molecule has 3 unspecified atom stereocenters. The molecule has 10 nitrogen and oxygen atoms in total. The molecule has 0 spiro atoms. The number of β-lactam (4-membered cyclic amide) rings is 1. The quantitative estimate of drug-likeness (QED) is 0.0545. The van der Waals surface area contributed by atoms with Crippen molar-refractivity contribution >= 4 is 66.9 Å². The van der Waals surface area contributed by atoms with E-state index in [1.807, 2.05) is 91.0 Å². The van der Waals surface area contributed by atoms with Gasteiger partial charge in [0.2, 0.25) is 5.91 Å². The molecule has 6 rings (SSSR count). The van der Waals surface area contributed by atoms with Crippen LogP contribution >= 0.6 is 32.9 Å². The molecular weight excluding hydrogens is 707 g/mol. The molecule has 51 heavy (non-hydrogen) atoms. The zero-order valence-electron chi connectivity index (χ0n) is 27.4. The topological polar surface area (TPSA) is 124 Å². The Labute approximate surface area is 306 Å². The summed E-state index contributed by atoms with van der Waals surface area (Å²) in [4.78, 5) is 59.3. The molecule has 1 fully saturated rings. The van der Waals surface area contributed by atoms with E-state index in [2.05, 4.69) is 16.9 Å². The molecule has 0 aliphatic carbocycles. The SMILES string of the molecule is C=C(COC(C)=O)C(C(=O)OC(c1ccccc1)c1ccccc1)N1C(=O)C(NC(=O)COc2ccccc2)C1SSc1nc2ccccc2s1. The van der Waals surface area contributed by atoms with Crippen LogP contribution in [0.2, 0.25) is 0 Å². The minimum absolute atomic E-state index is 0.135. The van der Waals surface area contributed by atoms with Gasteiger partial charge in [-0.15, -0.1) is 11.3 Å². The van der Waals surface area contributed by atoms with Crippen molar-refractivity contribution in [1.29, 1.82) is 0 Å². The molecule has 4 aromatic carbocycles. The van der Waals surface area contributed by atoms with Crippen molar-refractivity contribution in [2.45, 2.75) is 34.8 Å². The van der Waals surface area contributed by atoms with Crippen molar-refractivity contribution in [2.24, 2.45) is 0 Å². The number of benzene rings is 4. The van der Waals surface area contributed by atoms with Crippen molar-refractivity contribution in [3.8, 4) is 5.75 Å². The van der Waals surface area contributed by atoms with Crippen LogP contribution in [0.15, 0.2) is 132 Å². The number of likely N-dealkylation sites (tertiary alicyclic amines) is 1. The molecule has 1 N–H and O–H groups in total. The monoisotopic (exact) mass is 739 g/mol. The number of nitrogens with one attached hydrogen (secondary N) is 1. The second-order valence-electron chi connectivity index (χ2n) is 11.4. The lowest BCUT2D eigenvalue weighted by Gasteiger charge is -2.49. The average molecular weight is 740 g/mol. The van der Waals surface area contributed by atoms with E-state index in [-0.39, 0.29) is 18.8 Å². The Bertz CT molecular complexity index is 1940. The maximum Gasteiger partial charge on any atom is 0.334 e. The maximum absolute atomic E-state index is 14.3. The fourth-order valence-corrected chi connectivity index (χ4v) is 9.33. The predicted octanol–water partition coefficient (Wildman–Crippen LogP) is 6.59. The number of carbonyl (C=O) groups excluding carboxylic acids is 4. The molecule has 2 amide bonds. The van der Waals surface area contributed by atoms with Crippen molar-refractivity contribution in [1.82, 2.24) is 15.2 Å².